The number of aromatic amines is 2. The molecule has 0 spiro atoms. The molecule has 2 aromatic heterocycles. The molecule has 2 aliphatic rings. The number of nitrogens with zero attached hydrogens (tertiary/aromatic N) is 2. The number of aliphatic imine (C=N–C) groups is 2. The molecule has 0 aromatic carbocycles. The van der Waals surface area contributed by atoms with Crippen molar-refractivity contribution in [3.8, 4) is 0 Å². The van der Waals surface area contributed by atoms with E-state index in [4.69, 9.17) is 4.74 Å². The lowest BCUT2D eigenvalue weighted by Crippen LogP contribution is -2.23. The highest BCUT2D eigenvalue weighted by Gasteiger charge is 2.19. The quantitative estimate of drug-likeness (QED) is 0.794. The summed E-state index contributed by atoms with van der Waals surface area (Å²) in [6, 6.07) is 7.75. The van der Waals surface area contributed by atoms with E-state index in [1.807, 2.05) is 73.7 Å². The van der Waals surface area contributed by atoms with Crippen molar-refractivity contribution in [3.05, 3.63) is 88.1 Å². The largest absolute Gasteiger partial charge is 0.465 e. The van der Waals surface area contributed by atoms with Gasteiger partial charge in [0, 0.05) is 23.0 Å². The van der Waals surface area contributed by atoms with Gasteiger partial charge in [0.15, 0.2) is 0 Å². The molecule has 2 aromatic rings. The van der Waals surface area contributed by atoms with Crippen LogP contribution in [0.3, 0.4) is 0 Å². The van der Waals surface area contributed by atoms with Crippen LogP contribution in [0.15, 0.2) is 76.0 Å². The summed E-state index contributed by atoms with van der Waals surface area (Å²) in [5.74, 6) is -0.432. The van der Waals surface area contributed by atoms with Crippen molar-refractivity contribution in [2.24, 2.45) is 9.98 Å². The number of esters is 1. The Morgan fingerprint density at radius 3 is 2.52 bits per heavy atom. The Hall–Kier alpha value is -3.93. The van der Waals surface area contributed by atoms with Crippen LogP contribution in [0.25, 0.3) is 17.7 Å². The number of nitrogens with one attached hydrogen (secondary N) is 2. The van der Waals surface area contributed by atoms with Crippen molar-refractivity contribution < 1.29 is 9.53 Å². The summed E-state index contributed by atoms with van der Waals surface area (Å²) in [6.07, 6.45) is 15.1. The molecule has 0 amide bonds. The summed E-state index contributed by atoms with van der Waals surface area (Å²) in [7, 11) is 1.37. The van der Waals surface area contributed by atoms with Crippen molar-refractivity contribution in [2.45, 2.75) is 6.92 Å². The fourth-order valence-corrected chi connectivity index (χ4v) is 3.10. The number of allylic oxidation sites excluding steroid dienone is 5. The predicted molar refractivity (Wildman–Crippen MR) is 116 cm³/mol. The van der Waals surface area contributed by atoms with E-state index in [0.29, 0.717) is 16.6 Å². The third-order valence-electron chi connectivity index (χ3n) is 4.50. The lowest BCUT2D eigenvalue weighted by Gasteiger charge is -2.02. The van der Waals surface area contributed by atoms with Crippen LogP contribution in [0.5, 0.6) is 0 Å². The lowest BCUT2D eigenvalue weighted by atomic mass is 10.1. The van der Waals surface area contributed by atoms with E-state index in [2.05, 4.69) is 20.0 Å². The molecular weight excluding hydrogens is 364 g/mol. The van der Waals surface area contributed by atoms with E-state index in [-0.39, 0.29) is 0 Å². The van der Waals surface area contributed by atoms with E-state index >= 15 is 0 Å². The number of hydrogen-bond donors (Lipinski definition) is 2. The van der Waals surface area contributed by atoms with Crippen molar-refractivity contribution in [1.82, 2.24) is 9.97 Å². The molecule has 4 heterocycles. The maximum absolute atomic E-state index is 12.4. The predicted octanol–water partition coefficient (Wildman–Crippen LogP) is 2.39. The van der Waals surface area contributed by atoms with Gasteiger partial charge in [0.1, 0.15) is 5.57 Å². The minimum absolute atomic E-state index is 0.406. The van der Waals surface area contributed by atoms with Gasteiger partial charge < -0.3 is 14.7 Å². The number of hydrogen-bond acceptors (Lipinski definition) is 4. The van der Waals surface area contributed by atoms with Gasteiger partial charge in [0.25, 0.3) is 0 Å². The highest BCUT2D eigenvalue weighted by Crippen LogP contribution is 2.15. The van der Waals surface area contributed by atoms with Gasteiger partial charge in [-0.25, -0.2) is 9.79 Å². The number of carbonyl (C=O) groups is 1. The number of H-pyrrole nitrogens is 2. The summed E-state index contributed by atoms with van der Waals surface area (Å²) >= 11 is 0. The first-order chi connectivity index (χ1) is 14.2. The molecule has 0 saturated heterocycles. The first-order valence-corrected chi connectivity index (χ1v) is 9.20. The Bertz CT molecular complexity index is 1250. The average Bonchev–Trinajstić information content (AvgIpc) is 3.51. The van der Waals surface area contributed by atoms with E-state index in [1.165, 1.54) is 7.11 Å². The Labute approximate surface area is 167 Å². The average molecular weight is 384 g/mol. The van der Waals surface area contributed by atoms with Crippen molar-refractivity contribution >= 4 is 35.6 Å². The van der Waals surface area contributed by atoms with E-state index in [9.17, 15) is 4.79 Å². The minimum atomic E-state index is -0.432. The van der Waals surface area contributed by atoms with Crippen LogP contribution in [-0.4, -0.2) is 35.0 Å². The molecule has 6 heteroatoms. The summed E-state index contributed by atoms with van der Waals surface area (Å²) in [6.45, 7) is 1.90. The van der Waals surface area contributed by atoms with Crippen LogP contribution in [0, 0.1) is 0 Å². The lowest BCUT2D eigenvalue weighted by molar-refractivity contribution is -0.133. The molecule has 144 valence electrons. The number of rotatable bonds is 4. The molecule has 0 radical (unpaired) electrons. The smallest absolute Gasteiger partial charge is 0.342 e. The highest BCUT2D eigenvalue weighted by atomic mass is 16.5. The molecule has 0 aliphatic carbocycles. The normalized spacial score (nSPS) is 19.5. The van der Waals surface area contributed by atoms with Gasteiger partial charge >= 0.3 is 5.97 Å². The first-order valence-electron chi connectivity index (χ1n) is 9.20. The van der Waals surface area contributed by atoms with Gasteiger partial charge in [-0.3, -0.25) is 4.99 Å². The van der Waals surface area contributed by atoms with Gasteiger partial charge in [0.2, 0.25) is 0 Å². The third-order valence-corrected chi connectivity index (χ3v) is 4.50. The van der Waals surface area contributed by atoms with Gasteiger partial charge in [-0.15, -0.1) is 0 Å². The topological polar surface area (TPSA) is 82.6 Å². The zero-order valence-electron chi connectivity index (χ0n) is 16.1. The molecule has 0 saturated carbocycles. The Balaban J connectivity index is 1.71. The zero-order valence-corrected chi connectivity index (χ0v) is 16.1. The maximum Gasteiger partial charge on any atom is 0.342 e. The molecule has 6 nitrogen and oxygen atoms in total. The monoisotopic (exact) mass is 384 g/mol. The fraction of sp³-hybridized carbons (Fsp3) is 0.0870. The Morgan fingerprint density at radius 1 is 1.00 bits per heavy atom. The van der Waals surface area contributed by atoms with Crippen LogP contribution < -0.4 is 10.7 Å². The van der Waals surface area contributed by atoms with Crippen LogP contribution in [0.4, 0.5) is 0 Å². The molecule has 2 aliphatic heterocycles. The van der Waals surface area contributed by atoms with Crippen molar-refractivity contribution in [1.29, 1.82) is 0 Å². The molecule has 4 rings (SSSR count). The van der Waals surface area contributed by atoms with Gasteiger partial charge in [0.05, 0.1) is 29.6 Å². The summed E-state index contributed by atoms with van der Waals surface area (Å²) in [5.41, 5.74) is 4.61. The first kappa shape index (κ1) is 18.4. The second kappa shape index (κ2) is 7.98. The van der Waals surface area contributed by atoms with E-state index < -0.39 is 5.97 Å². The molecule has 0 unspecified atom stereocenters. The second-order valence-electron chi connectivity index (χ2n) is 6.46. The molecule has 0 atom stereocenters. The van der Waals surface area contributed by atoms with Gasteiger partial charge in [-0.05, 0) is 67.6 Å². The molecule has 0 fully saturated rings. The Kier molecular flexibility index (Phi) is 5.07. The summed E-state index contributed by atoms with van der Waals surface area (Å²) < 4.78 is 4.97. The van der Waals surface area contributed by atoms with E-state index in [0.717, 1.165) is 28.1 Å². The third kappa shape index (κ3) is 4.01. The molecule has 0 bridgehead atoms. The SMILES string of the molecule is CC=C1C=CC(C(C(=O)OC)=c2ccc(=Cc3ccc(C=C4C=CC=N4)[nH]3)[nH]2)=N1. The van der Waals surface area contributed by atoms with E-state index in [1.54, 1.807) is 6.21 Å². The standard InChI is InChI=1S/C23H20N4O2/c1-3-15-8-10-20(26-15)22(23(28)29-2)21-11-9-19(27-21)14-18-7-6-17(25-18)13-16-5-4-12-24-16/h3-14,25,27H,1-2H3. The summed E-state index contributed by atoms with van der Waals surface area (Å²) in [4.78, 5) is 27.7. The maximum atomic E-state index is 12.4. The molecular formula is C23H20N4O2. The number of aromatic nitrogens is 2. The van der Waals surface area contributed by atoms with Crippen LogP contribution in [-0.2, 0) is 9.53 Å². The van der Waals surface area contributed by atoms with Gasteiger partial charge in [-0.2, -0.15) is 0 Å². The summed E-state index contributed by atoms with van der Waals surface area (Å²) in [5, 5.41) is 1.51. The fourth-order valence-electron chi connectivity index (χ4n) is 3.10. The Morgan fingerprint density at radius 2 is 1.83 bits per heavy atom. The number of carbonyl (C=O) groups excluding carboxylic acids is 1. The second-order valence-corrected chi connectivity index (χ2v) is 6.46. The number of methoxy groups -OCH3 is 1. The molecule has 2 N–H and O–H groups in total. The van der Waals surface area contributed by atoms with Crippen LogP contribution >= 0.6 is 0 Å². The van der Waals surface area contributed by atoms with Crippen LogP contribution in [0.1, 0.15) is 18.3 Å². The van der Waals surface area contributed by atoms with Crippen molar-refractivity contribution in [3.63, 3.8) is 0 Å². The van der Waals surface area contributed by atoms with Crippen LogP contribution in [0.2, 0.25) is 0 Å². The van der Waals surface area contributed by atoms with Gasteiger partial charge in [-0.1, -0.05) is 6.08 Å². The zero-order chi connectivity index (χ0) is 20.2. The highest BCUT2D eigenvalue weighted by molar-refractivity contribution is 6.44. The minimum Gasteiger partial charge on any atom is -0.465 e. The van der Waals surface area contributed by atoms with Crippen molar-refractivity contribution in [2.75, 3.05) is 7.11 Å². The molecule has 29 heavy (non-hydrogen) atoms. The number of ether oxygens (including phenoxy) is 1.